The van der Waals surface area contributed by atoms with Gasteiger partial charge in [0, 0.05) is 43.2 Å². The molecule has 2 N–H and O–H groups in total. The van der Waals surface area contributed by atoms with Crippen LogP contribution in [0.3, 0.4) is 0 Å². The number of anilines is 1. The Kier molecular flexibility index (Phi) is 6.63. The van der Waals surface area contributed by atoms with Crippen molar-refractivity contribution in [2.45, 2.75) is 13.5 Å². The molecule has 0 saturated carbocycles. The van der Waals surface area contributed by atoms with Crippen molar-refractivity contribution in [3.63, 3.8) is 0 Å². The lowest BCUT2D eigenvalue weighted by atomic mass is 10.1. The molecule has 0 unspecified atom stereocenters. The van der Waals surface area contributed by atoms with Gasteiger partial charge < -0.3 is 15.4 Å². The minimum absolute atomic E-state index is 0.272. The minimum Gasteiger partial charge on any atom is -0.457 e. The van der Waals surface area contributed by atoms with E-state index in [1.807, 2.05) is 0 Å². The maximum atomic E-state index is 13.1. The zero-order chi connectivity index (χ0) is 24.1. The number of rotatable bonds is 7. The Balaban J connectivity index is 1.45. The maximum Gasteiger partial charge on any atom is 0.275 e. The van der Waals surface area contributed by atoms with Crippen LogP contribution < -0.4 is 15.4 Å². The van der Waals surface area contributed by atoms with Gasteiger partial charge in [-0.1, -0.05) is 18.2 Å². The van der Waals surface area contributed by atoms with Gasteiger partial charge in [-0.3, -0.25) is 14.3 Å². The third kappa shape index (κ3) is 5.26. The molecule has 2 aromatic heterocycles. The van der Waals surface area contributed by atoms with Gasteiger partial charge >= 0.3 is 0 Å². The van der Waals surface area contributed by atoms with Crippen LogP contribution >= 0.6 is 0 Å². The van der Waals surface area contributed by atoms with Gasteiger partial charge in [-0.25, -0.2) is 9.37 Å². The number of amides is 2. The molecule has 0 fully saturated rings. The molecule has 8 nitrogen and oxygen atoms in total. The predicted molar refractivity (Wildman–Crippen MR) is 124 cm³/mol. The largest absolute Gasteiger partial charge is 0.457 e. The van der Waals surface area contributed by atoms with Crippen molar-refractivity contribution in [3.05, 3.63) is 101 Å². The lowest BCUT2D eigenvalue weighted by Gasteiger charge is -2.13. The van der Waals surface area contributed by atoms with Crippen LogP contribution in [0.5, 0.6) is 11.5 Å². The zero-order valence-electron chi connectivity index (χ0n) is 18.6. The van der Waals surface area contributed by atoms with E-state index in [1.165, 1.54) is 29.2 Å². The van der Waals surface area contributed by atoms with E-state index in [-0.39, 0.29) is 24.2 Å². The standard InChI is InChI=1S/C25H22FN5O3/c1-16-20(24(32)28-15-17-6-8-18(26)9-7-17)4-3-5-22(16)34-19-10-12-27-23(14-19)30-25(33)21-11-13-29-31(21)2/h3-14H,15H2,1-2H3,(H,28,32)(H,27,30,33). The molecule has 34 heavy (non-hydrogen) atoms. The molecule has 2 aromatic carbocycles. The molecular weight excluding hydrogens is 437 g/mol. The number of benzene rings is 2. The number of nitrogens with one attached hydrogen (secondary N) is 2. The summed E-state index contributed by atoms with van der Waals surface area (Å²) in [5.74, 6) is 0.305. The highest BCUT2D eigenvalue weighted by molar-refractivity contribution is 6.02. The molecule has 0 bridgehead atoms. The Labute approximate surface area is 195 Å². The number of nitrogens with zero attached hydrogens (tertiary/aromatic N) is 3. The fraction of sp³-hybridized carbons (Fsp3) is 0.120. The fourth-order valence-corrected chi connectivity index (χ4v) is 3.30. The second-order valence-corrected chi connectivity index (χ2v) is 7.51. The van der Waals surface area contributed by atoms with E-state index in [2.05, 4.69) is 20.7 Å². The highest BCUT2D eigenvalue weighted by Gasteiger charge is 2.14. The summed E-state index contributed by atoms with van der Waals surface area (Å²) in [5, 5.41) is 9.53. The summed E-state index contributed by atoms with van der Waals surface area (Å²) >= 11 is 0. The zero-order valence-corrected chi connectivity index (χ0v) is 18.6. The van der Waals surface area contributed by atoms with E-state index in [1.54, 1.807) is 62.5 Å². The summed E-state index contributed by atoms with van der Waals surface area (Å²) in [6.45, 7) is 2.06. The first-order valence-corrected chi connectivity index (χ1v) is 10.5. The molecule has 2 amide bonds. The molecule has 4 aromatic rings. The van der Waals surface area contributed by atoms with Crippen LogP contribution in [0.15, 0.2) is 73.1 Å². The van der Waals surface area contributed by atoms with Crippen molar-refractivity contribution < 1.29 is 18.7 Å². The Morgan fingerprint density at radius 2 is 1.82 bits per heavy atom. The van der Waals surface area contributed by atoms with Crippen molar-refractivity contribution in [1.82, 2.24) is 20.1 Å². The van der Waals surface area contributed by atoms with E-state index in [0.29, 0.717) is 34.1 Å². The van der Waals surface area contributed by atoms with Crippen LogP contribution in [0.2, 0.25) is 0 Å². The van der Waals surface area contributed by atoms with Gasteiger partial charge in [-0.2, -0.15) is 5.10 Å². The molecule has 0 spiro atoms. The predicted octanol–water partition coefficient (Wildman–Crippen LogP) is 4.24. The lowest BCUT2D eigenvalue weighted by molar-refractivity contribution is 0.0949. The molecule has 0 aliphatic rings. The summed E-state index contributed by atoms with van der Waals surface area (Å²) in [5.41, 5.74) is 2.29. The van der Waals surface area contributed by atoms with E-state index in [4.69, 9.17) is 4.74 Å². The normalized spacial score (nSPS) is 10.6. The Morgan fingerprint density at radius 3 is 2.56 bits per heavy atom. The lowest BCUT2D eigenvalue weighted by Crippen LogP contribution is -2.23. The van der Waals surface area contributed by atoms with Crippen molar-refractivity contribution >= 4 is 17.6 Å². The summed E-state index contributed by atoms with van der Waals surface area (Å²) in [6, 6.07) is 16.0. The topological polar surface area (TPSA) is 98.1 Å². The highest BCUT2D eigenvalue weighted by Crippen LogP contribution is 2.28. The average molecular weight is 459 g/mol. The van der Waals surface area contributed by atoms with Gasteiger partial charge in [0.05, 0.1) is 0 Å². The molecule has 0 aliphatic heterocycles. The Morgan fingerprint density at radius 1 is 1.03 bits per heavy atom. The highest BCUT2D eigenvalue weighted by atomic mass is 19.1. The number of hydrogen-bond acceptors (Lipinski definition) is 5. The van der Waals surface area contributed by atoms with Crippen LogP contribution in [0.25, 0.3) is 0 Å². The smallest absolute Gasteiger partial charge is 0.275 e. The molecule has 2 heterocycles. The monoisotopic (exact) mass is 459 g/mol. The second-order valence-electron chi connectivity index (χ2n) is 7.51. The van der Waals surface area contributed by atoms with Crippen LogP contribution in [0.1, 0.15) is 32.0 Å². The SMILES string of the molecule is Cc1c(Oc2ccnc(NC(=O)c3ccnn3C)c2)cccc1C(=O)NCc1ccc(F)cc1. The van der Waals surface area contributed by atoms with Crippen LogP contribution in [0.4, 0.5) is 10.2 Å². The number of halogens is 1. The number of aromatic nitrogens is 3. The van der Waals surface area contributed by atoms with Gasteiger partial charge in [0.2, 0.25) is 0 Å². The van der Waals surface area contributed by atoms with E-state index >= 15 is 0 Å². The van der Waals surface area contributed by atoms with E-state index < -0.39 is 0 Å². The van der Waals surface area contributed by atoms with Crippen molar-refractivity contribution in [1.29, 1.82) is 0 Å². The van der Waals surface area contributed by atoms with E-state index in [0.717, 1.165) is 5.56 Å². The van der Waals surface area contributed by atoms with Gasteiger partial charge in [0.25, 0.3) is 11.8 Å². The number of hydrogen-bond donors (Lipinski definition) is 2. The first-order valence-electron chi connectivity index (χ1n) is 10.5. The molecule has 0 saturated heterocycles. The van der Waals surface area contributed by atoms with Crippen molar-refractivity contribution in [2.75, 3.05) is 5.32 Å². The number of carbonyl (C=O) groups excluding carboxylic acids is 2. The summed E-state index contributed by atoms with van der Waals surface area (Å²) < 4.78 is 20.5. The van der Waals surface area contributed by atoms with E-state index in [9.17, 15) is 14.0 Å². The van der Waals surface area contributed by atoms with Gasteiger partial charge in [0.15, 0.2) is 0 Å². The molecular formula is C25H22FN5O3. The molecule has 0 aliphatic carbocycles. The van der Waals surface area contributed by atoms with Crippen LogP contribution in [-0.2, 0) is 13.6 Å². The van der Waals surface area contributed by atoms with Gasteiger partial charge in [-0.05, 0) is 48.9 Å². The number of aryl methyl sites for hydroxylation is 1. The molecule has 172 valence electrons. The third-order valence-corrected chi connectivity index (χ3v) is 5.15. The summed E-state index contributed by atoms with van der Waals surface area (Å²) in [4.78, 5) is 29.3. The van der Waals surface area contributed by atoms with Crippen molar-refractivity contribution in [2.24, 2.45) is 7.05 Å². The van der Waals surface area contributed by atoms with Crippen molar-refractivity contribution in [3.8, 4) is 11.5 Å². The average Bonchev–Trinajstić information content (AvgIpc) is 3.26. The fourth-order valence-electron chi connectivity index (χ4n) is 3.30. The quantitative estimate of drug-likeness (QED) is 0.431. The number of ether oxygens (including phenoxy) is 1. The summed E-state index contributed by atoms with van der Waals surface area (Å²) in [7, 11) is 1.67. The second kappa shape index (κ2) is 9.95. The van der Waals surface area contributed by atoms with Crippen LogP contribution in [-0.4, -0.2) is 26.6 Å². The van der Waals surface area contributed by atoms with Crippen LogP contribution in [0, 0.1) is 12.7 Å². The maximum absolute atomic E-state index is 13.1. The molecule has 4 rings (SSSR count). The number of pyridine rings is 1. The Hall–Kier alpha value is -4.53. The molecule has 9 heteroatoms. The first-order chi connectivity index (χ1) is 16.4. The summed E-state index contributed by atoms with van der Waals surface area (Å²) in [6.07, 6.45) is 3.05. The Bertz CT molecular complexity index is 1330. The third-order valence-electron chi connectivity index (χ3n) is 5.15. The van der Waals surface area contributed by atoms with Gasteiger partial charge in [0.1, 0.15) is 28.8 Å². The first kappa shape index (κ1) is 22.7. The number of carbonyl (C=O) groups is 2. The van der Waals surface area contributed by atoms with Gasteiger partial charge in [-0.15, -0.1) is 0 Å². The minimum atomic E-state index is -0.347. The molecule has 0 radical (unpaired) electrons. The molecule has 0 atom stereocenters.